The summed E-state index contributed by atoms with van der Waals surface area (Å²) in [6.07, 6.45) is 0.865. The van der Waals surface area contributed by atoms with E-state index in [9.17, 15) is 18.7 Å². The van der Waals surface area contributed by atoms with Gasteiger partial charge < -0.3 is 9.84 Å². The van der Waals surface area contributed by atoms with E-state index in [1.165, 1.54) is 23.5 Å². The quantitative estimate of drug-likeness (QED) is 0.741. The maximum absolute atomic E-state index is 13.6. The second-order valence-corrected chi connectivity index (χ2v) is 7.58. The average molecular weight is 378 g/mol. The Bertz CT molecular complexity index is 1050. The summed E-state index contributed by atoms with van der Waals surface area (Å²) in [5.74, 6) is -1.21. The van der Waals surface area contributed by atoms with Gasteiger partial charge in [-0.2, -0.15) is 0 Å². The molecule has 4 rings (SSSR count). The number of rotatable bonds is 5. The van der Waals surface area contributed by atoms with Gasteiger partial charge in [0.2, 0.25) is 0 Å². The van der Waals surface area contributed by atoms with Crippen molar-refractivity contribution >= 4 is 16.3 Å². The number of thiazole rings is 1. The molecule has 1 aromatic carbocycles. The smallest absolute Gasteiger partial charge is 0.259 e. The lowest BCUT2D eigenvalue weighted by atomic mass is 10.2. The number of ether oxygens (including phenoxy) is 1. The van der Waals surface area contributed by atoms with E-state index >= 15 is 0 Å². The number of nitrogens with zero attached hydrogens (tertiary/aromatic N) is 2. The summed E-state index contributed by atoms with van der Waals surface area (Å²) in [4.78, 5) is 18.6. The Morgan fingerprint density at radius 3 is 2.88 bits per heavy atom. The average Bonchev–Trinajstić information content (AvgIpc) is 3.28. The Labute approximate surface area is 151 Å². The van der Waals surface area contributed by atoms with Crippen molar-refractivity contribution in [2.75, 3.05) is 6.61 Å². The number of aryl methyl sites for hydroxylation is 1. The van der Waals surface area contributed by atoms with Gasteiger partial charge in [-0.15, -0.1) is 11.3 Å². The van der Waals surface area contributed by atoms with Crippen LogP contribution in [0.4, 0.5) is 8.78 Å². The van der Waals surface area contributed by atoms with Gasteiger partial charge in [-0.1, -0.05) is 0 Å². The summed E-state index contributed by atoms with van der Waals surface area (Å²) < 4.78 is 33.5. The van der Waals surface area contributed by atoms with Gasteiger partial charge in [-0.05, 0) is 31.4 Å². The van der Waals surface area contributed by atoms with Crippen LogP contribution in [0.5, 0.6) is 5.75 Å². The van der Waals surface area contributed by atoms with Crippen molar-refractivity contribution in [3.05, 3.63) is 62.5 Å². The van der Waals surface area contributed by atoms with Crippen LogP contribution >= 0.6 is 11.3 Å². The van der Waals surface area contributed by atoms with E-state index in [0.717, 1.165) is 29.1 Å². The molecule has 0 saturated heterocycles. The van der Waals surface area contributed by atoms with Crippen LogP contribution in [0.2, 0.25) is 0 Å². The molecule has 0 aliphatic heterocycles. The zero-order valence-electron chi connectivity index (χ0n) is 13.9. The highest BCUT2D eigenvalue weighted by atomic mass is 32.1. The molecule has 0 bridgehead atoms. The lowest BCUT2D eigenvalue weighted by Gasteiger charge is -2.07. The molecule has 3 aromatic rings. The van der Waals surface area contributed by atoms with Crippen molar-refractivity contribution < 1.29 is 18.6 Å². The monoisotopic (exact) mass is 378 g/mol. The fraction of sp³-hybridized carbons (Fsp3) is 0.333. The molecule has 26 heavy (non-hydrogen) atoms. The first-order valence-corrected chi connectivity index (χ1v) is 9.00. The van der Waals surface area contributed by atoms with E-state index in [0.29, 0.717) is 10.7 Å². The predicted molar refractivity (Wildman–Crippen MR) is 92.7 cm³/mol. The first kappa shape index (κ1) is 17.1. The van der Waals surface area contributed by atoms with Gasteiger partial charge in [-0.3, -0.25) is 9.20 Å². The molecular formula is C18H16F2N2O3S. The molecule has 1 fully saturated rings. The van der Waals surface area contributed by atoms with Crippen LogP contribution < -0.4 is 10.3 Å². The molecule has 1 saturated carbocycles. The Balaban J connectivity index is 1.63. The summed E-state index contributed by atoms with van der Waals surface area (Å²) in [6.45, 7) is 1.95. The molecule has 0 amide bonds. The number of hydrogen-bond donors (Lipinski definition) is 1. The summed E-state index contributed by atoms with van der Waals surface area (Å²) in [6, 6.07) is 4.40. The van der Waals surface area contributed by atoms with Gasteiger partial charge >= 0.3 is 0 Å². The van der Waals surface area contributed by atoms with E-state index in [2.05, 4.69) is 4.98 Å². The van der Waals surface area contributed by atoms with E-state index in [1.54, 1.807) is 4.40 Å². The third-order valence-electron chi connectivity index (χ3n) is 4.56. The Kier molecular flexibility index (Phi) is 4.24. The fourth-order valence-electron chi connectivity index (χ4n) is 3.17. The van der Waals surface area contributed by atoms with Gasteiger partial charge in [-0.25, -0.2) is 13.8 Å². The number of aliphatic hydroxyl groups excluding tert-OH is 1. The number of benzene rings is 1. The molecule has 2 heterocycles. The van der Waals surface area contributed by atoms with E-state index < -0.39 is 11.6 Å². The first-order valence-electron chi connectivity index (χ1n) is 8.18. The van der Waals surface area contributed by atoms with Crippen LogP contribution in [0.25, 0.3) is 4.96 Å². The molecule has 1 aliphatic carbocycles. The number of fused-ring (bicyclic) bond motifs is 1. The molecule has 2 atom stereocenters. The molecule has 1 N–H and O–H groups in total. The standard InChI is InChI=1S/C18H16F2N2O3S/c1-9-17(13-4-10(13)7-23)22-16(24)6-12(21-18(22)26-9)8-25-15-3-2-11(19)5-14(15)20/h2-3,5-6,10,13,23H,4,7-8H2,1H3. The maximum atomic E-state index is 13.6. The van der Waals surface area contributed by atoms with Crippen molar-refractivity contribution in [3.63, 3.8) is 0 Å². The topological polar surface area (TPSA) is 63.8 Å². The third kappa shape index (κ3) is 2.99. The normalized spacial score (nSPS) is 19.1. The Morgan fingerprint density at radius 2 is 2.19 bits per heavy atom. The second-order valence-electron chi connectivity index (χ2n) is 6.40. The van der Waals surface area contributed by atoms with Crippen LogP contribution in [-0.4, -0.2) is 21.1 Å². The van der Waals surface area contributed by atoms with Gasteiger partial charge in [0, 0.05) is 35.2 Å². The Morgan fingerprint density at radius 1 is 1.38 bits per heavy atom. The molecule has 8 heteroatoms. The SMILES string of the molecule is Cc1sc2nc(COc3ccc(F)cc3F)cc(=O)n2c1C1CC1CO. The molecule has 2 aromatic heterocycles. The van der Waals surface area contributed by atoms with Crippen molar-refractivity contribution in [2.24, 2.45) is 5.92 Å². The number of aliphatic hydroxyl groups is 1. The van der Waals surface area contributed by atoms with Crippen LogP contribution in [0.1, 0.15) is 28.6 Å². The number of hydrogen-bond acceptors (Lipinski definition) is 5. The van der Waals surface area contributed by atoms with E-state index in [4.69, 9.17) is 4.74 Å². The minimum atomic E-state index is -0.805. The Hall–Kier alpha value is -2.32. The molecule has 2 unspecified atom stereocenters. The van der Waals surface area contributed by atoms with E-state index in [-0.39, 0.29) is 36.4 Å². The molecule has 5 nitrogen and oxygen atoms in total. The lowest BCUT2D eigenvalue weighted by Crippen LogP contribution is -2.17. The van der Waals surface area contributed by atoms with Crippen molar-refractivity contribution in [3.8, 4) is 5.75 Å². The summed E-state index contributed by atoms with van der Waals surface area (Å²) in [7, 11) is 0. The summed E-state index contributed by atoms with van der Waals surface area (Å²) >= 11 is 1.41. The zero-order chi connectivity index (χ0) is 18.4. The minimum absolute atomic E-state index is 0.0940. The second kappa shape index (κ2) is 6.44. The van der Waals surface area contributed by atoms with Crippen LogP contribution in [0.3, 0.4) is 0 Å². The minimum Gasteiger partial charge on any atom is -0.484 e. The van der Waals surface area contributed by atoms with Gasteiger partial charge in [0.05, 0.1) is 5.69 Å². The number of halogens is 2. The zero-order valence-corrected chi connectivity index (χ0v) is 14.7. The lowest BCUT2D eigenvalue weighted by molar-refractivity contribution is 0.273. The molecule has 0 spiro atoms. The number of aromatic nitrogens is 2. The highest BCUT2D eigenvalue weighted by Crippen LogP contribution is 2.49. The van der Waals surface area contributed by atoms with Crippen molar-refractivity contribution in [1.29, 1.82) is 0 Å². The largest absolute Gasteiger partial charge is 0.484 e. The molecule has 1 aliphatic rings. The fourth-order valence-corrected chi connectivity index (χ4v) is 4.24. The first-order chi connectivity index (χ1) is 12.5. The van der Waals surface area contributed by atoms with E-state index in [1.807, 2.05) is 6.92 Å². The maximum Gasteiger partial charge on any atom is 0.259 e. The van der Waals surface area contributed by atoms with Crippen LogP contribution in [-0.2, 0) is 6.61 Å². The van der Waals surface area contributed by atoms with Gasteiger partial charge in [0.1, 0.15) is 12.4 Å². The summed E-state index contributed by atoms with van der Waals surface area (Å²) in [5.41, 5.74) is 1.07. The van der Waals surface area contributed by atoms with Crippen LogP contribution in [0, 0.1) is 24.5 Å². The van der Waals surface area contributed by atoms with Crippen molar-refractivity contribution in [1.82, 2.24) is 9.38 Å². The molecular weight excluding hydrogens is 362 g/mol. The highest BCUT2D eigenvalue weighted by Gasteiger charge is 2.41. The molecule has 0 radical (unpaired) electrons. The van der Waals surface area contributed by atoms with Gasteiger partial charge in [0.25, 0.3) is 5.56 Å². The van der Waals surface area contributed by atoms with Crippen LogP contribution in [0.15, 0.2) is 29.1 Å². The van der Waals surface area contributed by atoms with Gasteiger partial charge in [0.15, 0.2) is 16.5 Å². The third-order valence-corrected chi connectivity index (χ3v) is 5.54. The van der Waals surface area contributed by atoms with Crippen molar-refractivity contribution in [2.45, 2.75) is 25.9 Å². The predicted octanol–water partition coefficient (Wildman–Crippen LogP) is 3.02. The summed E-state index contributed by atoms with van der Waals surface area (Å²) in [5, 5.41) is 9.30. The molecule has 136 valence electrons. The highest BCUT2D eigenvalue weighted by molar-refractivity contribution is 7.17.